The number of carbonyl (C=O) groups excluding carboxylic acids is 1. The van der Waals surface area contributed by atoms with Gasteiger partial charge in [-0.15, -0.1) is 0 Å². The van der Waals surface area contributed by atoms with Gasteiger partial charge in [0, 0.05) is 44.0 Å². The molecule has 3 aromatic carbocycles. The number of nitrogens with zero attached hydrogens (tertiary/aromatic N) is 2. The number of aliphatic hydroxyl groups is 1. The van der Waals surface area contributed by atoms with E-state index >= 15 is 0 Å². The Kier molecular flexibility index (Phi) is 8.76. The van der Waals surface area contributed by atoms with Crippen LogP contribution in [-0.4, -0.2) is 68.3 Å². The van der Waals surface area contributed by atoms with E-state index in [4.69, 9.17) is 9.47 Å². The molecule has 1 heterocycles. The number of methoxy groups -OCH3 is 1. The van der Waals surface area contributed by atoms with Gasteiger partial charge in [-0.25, -0.2) is 0 Å². The van der Waals surface area contributed by atoms with Crippen molar-refractivity contribution in [1.29, 1.82) is 0 Å². The van der Waals surface area contributed by atoms with E-state index in [-0.39, 0.29) is 12.4 Å². The molecule has 0 amide bonds. The van der Waals surface area contributed by atoms with Gasteiger partial charge in [-0.1, -0.05) is 36.4 Å². The Morgan fingerprint density at radius 1 is 1.00 bits per heavy atom. The monoisotopic (exact) mass is 486 g/mol. The van der Waals surface area contributed by atoms with E-state index in [0.717, 1.165) is 43.1 Å². The Morgan fingerprint density at radius 2 is 1.72 bits per heavy atom. The number of allylic oxidation sites excluding steroid dienone is 1. The zero-order valence-electron chi connectivity index (χ0n) is 21.0. The average molecular weight is 487 g/mol. The lowest BCUT2D eigenvalue weighted by atomic mass is 10.1. The van der Waals surface area contributed by atoms with Crippen molar-refractivity contribution >= 4 is 17.5 Å². The van der Waals surface area contributed by atoms with Gasteiger partial charge in [-0.2, -0.15) is 0 Å². The molecule has 3 aromatic rings. The highest BCUT2D eigenvalue weighted by Crippen LogP contribution is 2.20. The molecular weight excluding hydrogens is 452 g/mol. The number of β-amino-alcohol motifs (C(OH)–C–C–N with tert-alkyl or cyclic N) is 1. The second-order valence-electron chi connectivity index (χ2n) is 9.04. The molecule has 0 aliphatic carbocycles. The number of anilines is 1. The Balaban J connectivity index is 1.21. The lowest BCUT2D eigenvalue weighted by Crippen LogP contribution is -2.49. The second-order valence-corrected chi connectivity index (χ2v) is 9.04. The lowest BCUT2D eigenvalue weighted by Gasteiger charge is -2.36. The summed E-state index contributed by atoms with van der Waals surface area (Å²) in [6, 6.07) is 23.3. The van der Waals surface area contributed by atoms with Gasteiger partial charge in [0.2, 0.25) is 0 Å². The number of aryl methyl sites for hydroxylation is 1. The Hall–Kier alpha value is -3.61. The standard InChI is InChI=1S/C30H34N2O4/c1-23-8-9-24(20-30(23)35-2)10-15-29(34)25-11-13-28(14-12-25)36-22-27(33)21-31-16-18-32(19-17-31)26-6-4-3-5-7-26/h3-15,20,27,33H,16-19,21-22H2,1-2H3/b15-10+. The third kappa shape index (κ3) is 6.97. The number of hydrogen-bond donors (Lipinski definition) is 1. The zero-order chi connectivity index (χ0) is 25.3. The summed E-state index contributed by atoms with van der Waals surface area (Å²) in [6.07, 6.45) is 2.76. The third-order valence-electron chi connectivity index (χ3n) is 6.40. The predicted octanol–water partition coefficient (Wildman–Crippen LogP) is 4.46. The molecule has 1 unspecified atom stereocenters. The average Bonchev–Trinajstić information content (AvgIpc) is 2.92. The first kappa shape index (κ1) is 25.5. The van der Waals surface area contributed by atoms with Crippen LogP contribution in [0, 0.1) is 6.92 Å². The molecule has 6 heteroatoms. The van der Waals surface area contributed by atoms with Gasteiger partial charge in [0.25, 0.3) is 0 Å². The van der Waals surface area contributed by atoms with Gasteiger partial charge < -0.3 is 19.5 Å². The van der Waals surface area contributed by atoms with Gasteiger partial charge in [0.05, 0.1) is 7.11 Å². The highest BCUT2D eigenvalue weighted by molar-refractivity contribution is 6.06. The first-order valence-electron chi connectivity index (χ1n) is 12.3. The molecule has 1 N–H and O–H groups in total. The molecule has 0 bridgehead atoms. The van der Waals surface area contributed by atoms with Crippen LogP contribution >= 0.6 is 0 Å². The van der Waals surface area contributed by atoms with Crippen molar-refractivity contribution in [3.05, 3.63) is 95.6 Å². The van der Waals surface area contributed by atoms with Crippen LogP contribution in [0.25, 0.3) is 6.08 Å². The SMILES string of the molecule is COc1cc(/C=C/C(=O)c2ccc(OCC(O)CN3CCN(c4ccccc4)CC3)cc2)ccc1C. The summed E-state index contributed by atoms with van der Waals surface area (Å²) < 4.78 is 11.1. The van der Waals surface area contributed by atoms with Crippen LogP contribution in [0.4, 0.5) is 5.69 Å². The highest BCUT2D eigenvalue weighted by Gasteiger charge is 2.19. The topological polar surface area (TPSA) is 62.2 Å². The molecule has 0 aromatic heterocycles. The maximum absolute atomic E-state index is 12.5. The minimum Gasteiger partial charge on any atom is -0.496 e. The highest BCUT2D eigenvalue weighted by atomic mass is 16.5. The molecule has 0 saturated carbocycles. The molecule has 1 saturated heterocycles. The quantitative estimate of drug-likeness (QED) is 0.337. The molecule has 1 aliphatic rings. The largest absolute Gasteiger partial charge is 0.496 e. The molecule has 4 rings (SSSR count). The summed E-state index contributed by atoms with van der Waals surface area (Å²) in [7, 11) is 1.64. The molecule has 1 atom stereocenters. The second kappa shape index (κ2) is 12.4. The van der Waals surface area contributed by atoms with E-state index in [1.54, 1.807) is 43.5 Å². The Labute approximate surface area is 213 Å². The van der Waals surface area contributed by atoms with E-state index in [1.807, 2.05) is 31.2 Å². The normalized spacial score (nSPS) is 15.1. The van der Waals surface area contributed by atoms with Crippen LogP contribution in [0.5, 0.6) is 11.5 Å². The van der Waals surface area contributed by atoms with Crippen molar-refractivity contribution < 1.29 is 19.4 Å². The number of para-hydroxylation sites is 1. The van der Waals surface area contributed by atoms with Crippen molar-refractivity contribution in [2.24, 2.45) is 0 Å². The molecular formula is C30H34N2O4. The molecule has 1 fully saturated rings. The number of benzene rings is 3. The minimum absolute atomic E-state index is 0.0872. The van der Waals surface area contributed by atoms with Crippen LogP contribution < -0.4 is 14.4 Å². The predicted molar refractivity (Wildman–Crippen MR) is 144 cm³/mol. The summed E-state index contributed by atoms with van der Waals surface area (Å²) in [5.74, 6) is 1.34. The Bertz CT molecular complexity index is 1150. The van der Waals surface area contributed by atoms with E-state index in [0.29, 0.717) is 17.9 Å². The molecule has 1 aliphatic heterocycles. The number of rotatable bonds is 10. The maximum atomic E-state index is 12.5. The van der Waals surface area contributed by atoms with E-state index in [2.05, 4.69) is 34.1 Å². The zero-order valence-corrected chi connectivity index (χ0v) is 21.0. The molecule has 0 spiro atoms. The lowest BCUT2D eigenvalue weighted by molar-refractivity contribution is 0.0663. The fourth-order valence-corrected chi connectivity index (χ4v) is 4.29. The van der Waals surface area contributed by atoms with Crippen LogP contribution in [0.2, 0.25) is 0 Å². The first-order chi connectivity index (χ1) is 17.5. The summed E-state index contributed by atoms with van der Waals surface area (Å²) in [6.45, 7) is 6.47. The third-order valence-corrected chi connectivity index (χ3v) is 6.40. The molecule has 6 nitrogen and oxygen atoms in total. The fourth-order valence-electron chi connectivity index (χ4n) is 4.29. The number of ketones is 1. The van der Waals surface area contributed by atoms with Crippen molar-refractivity contribution in [1.82, 2.24) is 4.90 Å². The van der Waals surface area contributed by atoms with Crippen LogP contribution in [-0.2, 0) is 0 Å². The number of aliphatic hydroxyl groups excluding tert-OH is 1. The number of piperazine rings is 1. The van der Waals surface area contributed by atoms with Crippen molar-refractivity contribution in [2.45, 2.75) is 13.0 Å². The van der Waals surface area contributed by atoms with E-state index < -0.39 is 6.10 Å². The number of carbonyl (C=O) groups is 1. The summed E-state index contributed by atoms with van der Waals surface area (Å²) in [5.41, 5.74) is 3.77. The van der Waals surface area contributed by atoms with Crippen molar-refractivity contribution in [2.75, 3.05) is 51.3 Å². The summed E-state index contributed by atoms with van der Waals surface area (Å²) in [4.78, 5) is 17.2. The fraction of sp³-hybridized carbons (Fsp3) is 0.300. The van der Waals surface area contributed by atoms with Crippen LogP contribution in [0.1, 0.15) is 21.5 Å². The van der Waals surface area contributed by atoms with E-state index in [1.165, 1.54) is 5.69 Å². The van der Waals surface area contributed by atoms with Gasteiger partial charge in [0.1, 0.15) is 24.2 Å². The number of ether oxygens (including phenoxy) is 2. The van der Waals surface area contributed by atoms with Gasteiger partial charge in [-0.3, -0.25) is 9.69 Å². The summed E-state index contributed by atoms with van der Waals surface area (Å²) in [5, 5.41) is 10.5. The Morgan fingerprint density at radius 3 is 2.42 bits per heavy atom. The smallest absolute Gasteiger partial charge is 0.185 e. The number of hydrogen-bond acceptors (Lipinski definition) is 6. The van der Waals surface area contributed by atoms with Crippen molar-refractivity contribution in [3.63, 3.8) is 0 Å². The summed E-state index contributed by atoms with van der Waals surface area (Å²) >= 11 is 0. The minimum atomic E-state index is -0.580. The van der Waals surface area contributed by atoms with Gasteiger partial charge >= 0.3 is 0 Å². The molecule has 36 heavy (non-hydrogen) atoms. The van der Waals surface area contributed by atoms with E-state index in [9.17, 15) is 9.90 Å². The van der Waals surface area contributed by atoms with Crippen molar-refractivity contribution in [3.8, 4) is 11.5 Å². The molecule has 188 valence electrons. The van der Waals surface area contributed by atoms with Crippen LogP contribution in [0.15, 0.2) is 78.9 Å². The van der Waals surface area contributed by atoms with Crippen LogP contribution in [0.3, 0.4) is 0 Å². The first-order valence-corrected chi connectivity index (χ1v) is 12.3. The molecule has 0 radical (unpaired) electrons. The maximum Gasteiger partial charge on any atom is 0.185 e. The van der Waals surface area contributed by atoms with Gasteiger partial charge in [-0.05, 0) is 66.6 Å². The van der Waals surface area contributed by atoms with Gasteiger partial charge in [0.15, 0.2) is 5.78 Å².